The van der Waals surface area contributed by atoms with E-state index in [1.54, 1.807) is 0 Å². The Kier molecular flexibility index (Phi) is 5.65. The molecule has 0 aliphatic carbocycles. The van der Waals surface area contributed by atoms with Crippen molar-refractivity contribution in [3.63, 3.8) is 0 Å². The Morgan fingerprint density at radius 2 is 2.12 bits per heavy atom. The summed E-state index contributed by atoms with van der Waals surface area (Å²) in [5.41, 5.74) is 1.03. The standard InChI is InChI=1S/C12H20N4.ClH/c1-10-3-8-14-12(15-10)16(2)9-11-4-6-13-7-5-11;/h3,8,11,13H,4-7,9H2,1-2H3;1H. The highest BCUT2D eigenvalue weighted by molar-refractivity contribution is 5.85. The summed E-state index contributed by atoms with van der Waals surface area (Å²) in [6, 6.07) is 1.93. The third-order valence-corrected chi connectivity index (χ3v) is 3.11. The molecule has 2 rings (SSSR count). The fraction of sp³-hybridized carbons (Fsp3) is 0.667. The predicted molar refractivity (Wildman–Crippen MR) is 72.9 cm³/mol. The van der Waals surface area contributed by atoms with Crippen molar-refractivity contribution in [2.45, 2.75) is 19.8 Å². The minimum absolute atomic E-state index is 0. The number of nitrogens with one attached hydrogen (secondary N) is 1. The molecule has 4 nitrogen and oxygen atoms in total. The summed E-state index contributed by atoms with van der Waals surface area (Å²) in [5, 5.41) is 3.39. The summed E-state index contributed by atoms with van der Waals surface area (Å²) in [4.78, 5) is 10.9. The first kappa shape index (κ1) is 14.2. The molecule has 1 saturated heterocycles. The van der Waals surface area contributed by atoms with Crippen LogP contribution in [0.3, 0.4) is 0 Å². The van der Waals surface area contributed by atoms with E-state index in [0.717, 1.165) is 37.2 Å². The quantitative estimate of drug-likeness (QED) is 0.893. The minimum atomic E-state index is 0. The number of aromatic nitrogens is 2. The number of nitrogens with zero attached hydrogens (tertiary/aromatic N) is 3. The molecular weight excluding hydrogens is 236 g/mol. The minimum Gasteiger partial charge on any atom is -0.344 e. The van der Waals surface area contributed by atoms with Crippen LogP contribution in [-0.4, -0.2) is 36.6 Å². The molecule has 1 N–H and O–H groups in total. The smallest absolute Gasteiger partial charge is 0.225 e. The average molecular weight is 257 g/mol. The molecule has 0 radical (unpaired) electrons. The van der Waals surface area contributed by atoms with Gasteiger partial charge in [0.1, 0.15) is 0 Å². The maximum atomic E-state index is 4.44. The van der Waals surface area contributed by atoms with Gasteiger partial charge in [-0.15, -0.1) is 12.4 Å². The Hall–Kier alpha value is -0.870. The first-order valence-electron chi connectivity index (χ1n) is 5.97. The van der Waals surface area contributed by atoms with Gasteiger partial charge in [0.2, 0.25) is 5.95 Å². The largest absolute Gasteiger partial charge is 0.344 e. The van der Waals surface area contributed by atoms with Gasteiger partial charge in [-0.25, -0.2) is 9.97 Å². The van der Waals surface area contributed by atoms with Crippen LogP contribution in [0, 0.1) is 12.8 Å². The van der Waals surface area contributed by atoms with Crippen molar-refractivity contribution in [2.75, 3.05) is 31.6 Å². The molecular formula is C12H21ClN4. The molecule has 1 aliphatic heterocycles. The van der Waals surface area contributed by atoms with E-state index in [0.29, 0.717) is 0 Å². The van der Waals surface area contributed by atoms with E-state index in [2.05, 4.69) is 27.2 Å². The number of rotatable bonds is 3. The highest BCUT2D eigenvalue weighted by Gasteiger charge is 2.16. The maximum absolute atomic E-state index is 4.44. The lowest BCUT2D eigenvalue weighted by atomic mass is 9.98. The van der Waals surface area contributed by atoms with Crippen LogP contribution in [0.4, 0.5) is 5.95 Å². The molecule has 2 heterocycles. The topological polar surface area (TPSA) is 41.1 Å². The Labute approximate surface area is 109 Å². The van der Waals surface area contributed by atoms with E-state index in [1.165, 1.54) is 12.8 Å². The molecule has 0 unspecified atom stereocenters. The van der Waals surface area contributed by atoms with Crippen molar-refractivity contribution in [1.29, 1.82) is 0 Å². The van der Waals surface area contributed by atoms with Crippen LogP contribution in [0.5, 0.6) is 0 Å². The lowest BCUT2D eigenvalue weighted by Crippen LogP contribution is -2.35. The zero-order chi connectivity index (χ0) is 11.4. The molecule has 96 valence electrons. The lowest BCUT2D eigenvalue weighted by Gasteiger charge is -2.27. The van der Waals surface area contributed by atoms with Gasteiger partial charge in [-0.3, -0.25) is 0 Å². The molecule has 0 atom stereocenters. The highest BCUT2D eigenvalue weighted by atomic mass is 35.5. The Bertz CT molecular complexity index is 339. The van der Waals surface area contributed by atoms with Gasteiger partial charge >= 0.3 is 0 Å². The van der Waals surface area contributed by atoms with Gasteiger partial charge in [-0.1, -0.05) is 0 Å². The van der Waals surface area contributed by atoms with Crippen LogP contribution in [0.2, 0.25) is 0 Å². The normalized spacial score (nSPS) is 16.4. The molecule has 5 heteroatoms. The molecule has 0 bridgehead atoms. The summed E-state index contributed by atoms with van der Waals surface area (Å²) in [7, 11) is 2.08. The van der Waals surface area contributed by atoms with Crippen molar-refractivity contribution in [3.05, 3.63) is 18.0 Å². The fourth-order valence-electron chi connectivity index (χ4n) is 2.15. The first-order chi connectivity index (χ1) is 7.75. The summed E-state index contributed by atoms with van der Waals surface area (Å²) in [6.07, 6.45) is 4.35. The lowest BCUT2D eigenvalue weighted by molar-refractivity contribution is 0.376. The molecule has 17 heavy (non-hydrogen) atoms. The van der Waals surface area contributed by atoms with E-state index in [1.807, 2.05) is 19.2 Å². The molecule has 0 aromatic carbocycles. The van der Waals surface area contributed by atoms with Gasteiger partial charge in [0.05, 0.1) is 0 Å². The van der Waals surface area contributed by atoms with Crippen molar-refractivity contribution in [2.24, 2.45) is 5.92 Å². The van der Waals surface area contributed by atoms with Gasteiger partial charge in [0.15, 0.2) is 0 Å². The number of aryl methyl sites for hydroxylation is 1. The van der Waals surface area contributed by atoms with E-state index < -0.39 is 0 Å². The SMILES string of the molecule is Cc1ccnc(N(C)CC2CCNCC2)n1.Cl. The molecule has 1 aromatic heterocycles. The zero-order valence-electron chi connectivity index (χ0n) is 10.5. The van der Waals surface area contributed by atoms with Crippen LogP contribution >= 0.6 is 12.4 Å². The van der Waals surface area contributed by atoms with Crippen LogP contribution in [0.1, 0.15) is 18.5 Å². The fourth-order valence-corrected chi connectivity index (χ4v) is 2.15. The second kappa shape index (κ2) is 6.77. The summed E-state index contributed by atoms with van der Waals surface area (Å²) in [6.45, 7) is 5.36. The Balaban J connectivity index is 0.00000144. The van der Waals surface area contributed by atoms with Crippen LogP contribution in [0.15, 0.2) is 12.3 Å². The average Bonchev–Trinajstić information content (AvgIpc) is 2.30. The molecule has 0 amide bonds. The molecule has 0 spiro atoms. The van der Waals surface area contributed by atoms with Crippen molar-refractivity contribution in [3.8, 4) is 0 Å². The third-order valence-electron chi connectivity index (χ3n) is 3.11. The Morgan fingerprint density at radius 3 is 2.76 bits per heavy atom. The Morgan fingerprint density at radius 1 is 1.41 bits per heavy atom. The summed E-state index contributed by atoms with van der Waals surface area (Å²) in [5.74, 6) is 1.62. The van der Waals surface area contributed by atoms with Gasteiger partial charge in [0.25, 0.3) is 0 Å². The molecule has 1 fully saturated rings. The van der Waals surface area contributed by atoms with Crippen molar-refractivity contribution >= 4 is 18.4 Å². The van der Waals surface area contributed by atoms with E-state index in [4.69, 9.17) is 0 Å². The molecule has 0 saturated carbocycles. The van der Waals surface area contributed by atoms with Crippen LogP contribution in [-0.2, 0) is 0 Å². The number of hydrogen-bond acceptors (Lipinski definition) is 4. The van der Waals surface area contributed by atoms with Crippen molar-refractivity contribution in [1.82, 2.24) is 15.3 Å². The first-order valence-corrected chi connectivity index (χ1v) is 5.97. The number of hydrogen-bond donors (Lipinski definition) is 1. The van der Waals surface area contributed by atoms with Gasteiger partial charge in [-0.2, -0.15) is 0 Å². The van der Waals surface area contributed by atoms with E-state index >= 15 is 0 Å². The predicted octanol–water partition coefficient (Wildman–Crippen LogP) is 1.64. The number of piperidine rings is 1. The van der Waals surface area contributed by atoms with E-state index in [-0.39, 0.29) is 12.4 Å². The summed E-state index contributed by atoms with van der Waals surface area (Å²) >= 11 is 0. The second-order valence-corrected chi connectivity index (χ2v) is 4.57. The summed E-state index contributed by atoms with van der Waals surface area (Å²) < 4.78 is 0. The van der Waals surface area contributed by atoms with Gasteiger partial charge < -0.3 is 10.2 Å². The van der Waals surface area contributed by atoms with Crippen LogP contribution < -0.4 is 10.2 Å². The molecule has 1 aromatic rings. The zero-order valence-corrected chi connectivity index (χ0v) is 11.3. The number of anilines is 1. The van der Waals surface area contributed by atoms with Gasteiger partial charge in [0, 0.05) is 25.5 Å². The van der Waals surface area contributed by atoms with Crippen LogP contribution in [0.25, 0.3) is 0 Å². The second-order valence-electron chi connectivity index (χ2n) is 4.57. The monoisotopic (exact) mass is 256 g/mol. The van der Waals surface area contributed by atoms with Gasteiger partial charge in [-0.05, 0) is 44.8 Å². The molecule has 1 aliphatic rings. The van der Waals surface area contributed by atoms with E-state index in [9.17, 15) is 0 Å². The maximum Gasteiger partial charge on any atom is 0.225 e. The van der Waals surface area contributed by atoms with Crippen molar-refractivity contribution < 1.29 is 0 Å². The highest BCUT2D eigenvalue weighted by Crippen LogP contribution is 2.15. The third kappa shape index (κ3) is 4.13. The number of halogens is 1.